The number of thioether (sulfide) groups is 1. The molecule has 0 saturated heterocycles. The molecule has 0 aromatic carbocycles. The summed E-state index contributed by atoms with van der Waals surface area (Å²) in [5.74, 6) is 1.65. The van der Waals surface area contributed by atoms with Gasteiger partial charge in [0, 0.05) is 18.9 Å². The fourth-order valence-corrected chi connectivity index (χ4v) is 1.42. The van der Waals surface area contributed by atoms with Crippen molar-refractivity contribution in [2.45, 2.75) is 13.0 Å². The summed E-state index contributed by atoms with van der Waals surface area (Å²) < 4.78 is 1.88. The first kappa shape index (κ1) is 9.32. The van der Waals surface area contributed by atoms with Crippen molar-refractivity contribution in [1.29, 1.82) is 0 Å². The molecule has 1 rings (SSSR count). The Bertz CT molecular complexity index is 247. The van der Waals surface area contributed by atoms with Gasteiger partial charge in [-0.15, -0.1) is 0 Å². The lowest BCUT2D eigenvalue weighted by atomic mass is 10.4. The van der Waals surface area contributed by atoms with E-state index in [0.717, 1.165) is 25.0 Å². The molecule has 1 aromatic heterocycles. The van der Waals surface area contributed by atoms with Gasteiger partial charge < -0.3 is 4.57 Å². The Morgan fingerprint density at radius 1 is 1.75 bits per heavy atom. The van der Waals surface area contributed by atoms with Gasteiger partial charge in [0.1, 0.15) is 0 Å². The second-order valence-electron chi connectivity index (χ2n) is 2.44. The molecule has 0 aliphatic heterocycles. The largest absolute Gasteiger partial charge is 0.329 e. The maximum atomic E-state index is 10.4. The molecule has 0 N–H and O–H groups in total. The van der Waals surface area contributed by atoms with E-state index in [-0.39, 0.29) is 0 Å². The highest BCUT2D eigenvalue weighted by molar-refractivity contribution is 7.98. The van der Waals surface area contributed by atoms with Gasteiger partial charge in [-0.05, 0) is 18.4 Å². The quantitative estimate of drug-likeness (QED) is 0.513. The minimum Gasteiger partial charge on any atom is -0.329 e. The first-order valence-corrected chi connectivity index (χ1v) is 5.23. The van der Waals surface area contributed by atoms with Crippen LogP contribution in [0.4, 0.5) is 0 Å². The van der Waals surface area contributed by atoms with Gasteiger partial charge in [-0.25, -0.2) is 4.98 Å². The topological polar surface area (TPSA) is 34.9 Å². The zero-order valence-corrected chi connectivity index (χ0v) is 7.88. The number of aryl methyl sites for hydroxylation is 1. The summed E-state index contributed by atoms with van der Waals surface area (Å²) in [5.41, 5.74) is 0. The molecule has 0 radical (unpaired) electrons. The molecule has 4 heteroatoms. The Kier molecular flexibility index (Phi) is 3.87. The van der Waals surface area contributed by atoms with Crippen LogP contribution in [0, 0.1) is 0 Å². The summed E-state index contributed by atoms with van der Waals surface area (Å²) in [7, 11) is 0. The Morgan fingerprint density at radius 3 is 3.25 bits per heavy atom. The number of imidazole rings is 1. The predicted octanol–water partition coefficient (Wildman–Crippen LogP) is 1.45. The van der Waals surface area contributed by atoms with Gasteiger partial charge in [0.25, 0.3) is 0 Å². The van der Waals surface area contributed by atoms with Crippen LogP contribution in [-0.4, -0.2) is 27.8 Å². The van der Waals surface area contributed by atoms with Crippen molar-refractivity contribution < 1.29 is 4.79 Å². The molecular weight excluding hydrogens is 172 g/mol. The summed E-state index contributed by atoms with van der Waals surface area (Å²) in [6.45, 7) is 0.884. The minimum absolute atomic E-state index is 0.524. The number of aromatic nitrogens is 2. The highest BCUT2D eigenvalue weighted by Crippen LogP contribution is 2.00. The van der Waals surface area contributed by atoms with Gasteiger partial charge in [0.2, 0.25) is 0 Å². The van der Waals surface area contributed by atoms with E-state index in [1.54, 1.807) is 6.20 Å². The third kappa shape index (κ3) is 2.37. The van der Waals surface area contributed by atoms with Gasteiger partial charge in [0.05, 0.1) is 0 Å². The third-order valence-corrected chi connectivity index (χ3v) is 2.30. The molecule has 1 aromatic rings. The van der Waals surface area contributed by atoms with Crippen LogP contribution in [0.1, 0.15) is 17.0 Å². The van der Waals surface area contributed by atoms with Gasteiger partial charge in [-0.3, -0.25) is 4.79 Å². The van der Waals surface area contributed by atoms with Crippen molar-refractivity contribution in [2.24, 2.45) is 0 Å². The molecule has 0 atom stereocenters. The van der Waals surface area contributed by atoms with Crippen LogP contribution in [0.2, 0.25) is 0 Å². The van der Waals surface area contributed by atoms with E-state index in [9.17, 15) is 4.79 Å². The third-order valence-electron chi connectivity index (χ3n) is 1.60. The predicted molar refractivity (Wildman–Crippen MR) is 50.6 cm³/mol. The second-order valence-corrected chi connectivity index (χ2v) is 3.43. The molecule has 0 fully saturated rings. The Balaban J connectivity index is 2.45. The van der Waals surface area contributed by atoms with Gasteiger partial charge >= 0.3 is 0 Å². The SMILES string of the molecule is CSCCCn1ccnc1C=O. The van der Waals surface area contributed by atoms with Crippen LogP contribution in [0.5, 0.6) is 0 Å². The van der Waals surface area contributed by atoms with Crippen molar-refractivity contribution in [3.05, 3.63) is 18.2 Å². The van der Waals surface area contributed by atoms with E-state index in [2.05, 4.69) is 11.2 Å². The highest BCUT2D eigenvalue weighted by atomic mass is 32.2. The average molecular weight is 184 g/mol. The van der Waals surface area contributed by atoms with Gasteiger partial charge in [-0.1, -0.05) is 0 Å². The van der Waals surface area contributed by atoms with Crippen molar-refractivity contribution in [1.82, 2.24) is 9.55 Å². The number of hydrogen-bond acceptors (Lipinski definition) is 3. The zero-order valence-electron chi connectivity index (χ0n) is 7.06. The molecule has 0 unspecified atom stereocenters. The van der Waals surface area contributed by atoms with Crippen LogP contribution >= 0.6 is 11.8 Å². The number of carbonyl (C=O) groups excluding carboxylic acids is 1. The molecule has 0 amide bonds. The minimum atomic E-state index is 0.524. The van der Waals surface area contributed by atoms with Crippen LogP contribution < -0.4 is 0 Å². The maximum Gasteiger partial charge on any atom is 0.185 e. The maximum absolute atomic E-state index is 10.4. The summed E-state index contributed by atoms with van der Waals surface area (Å²) in [6, 6.07) is 0. The van der Waals surface area contributed by atoms with E-state index in [0.29, 0.717) is 5.82 Å². The van der Waals surface area contributed by atoms with Crippen LogP contribution in [-0.2, 0) is 6.54 Å². The summed E-state index contributed by atoms with van der Waals surface area (Å²) in [5, 5.41) is 0. The fourth-order valence-electron chi connectivity index (χ4n) is 1.01. The average Bonchev–Trinajstić information content (AvgIpc) is 2.52. The number of nitrogens with zero attached hydrogens (tertiary/aromatic N) is 2. The first-order valence-electron chi connectivity index (χ1n) is 3.83. The highest BCUT2D eigenvalue weighted by Gasteiger charge is 1.98. The molecule has 66 valence electrons. The van der Waals surface area contributed by atoms with Gasteiger partial charge in [0.15, 0.2) is 12.1 Å². The number of aldehydes is 1. The normalized spacial score (nSPS) is 10.1. The number of rotatable bonds is 5. The molecule has 0 aliphatic rings. The first-order chi connectivity index (χ1) is 5.88. The van der Waals surface area contributed by atoms with E-state index in [4.69, 9.17) is 0 Å². The lowest BCUT2D eigenvalue weighted by Gasteiger charge is -2.01. The summed E-state index contributed by atoms with van der Waals surface area (Å²) in [6.07, 6.45) is 7.44. The monoisotopic (exact) mass is 184 g/mol. The number of hydrogen-bond donors (Lipinski definition) is 0. The van der Waals surface area contributed by atoms with Gasteiger partial charge in [-0.2, -0.15) is 11.8 Å². The Labute approximate surface area is 76.2 Å². The lowest BCUT2D eigenvalue weighted by molar-refractivity contribution is 0.111. The van der Waals surface area contributed by atoms with Crippen LogP contribution in [0.3, 0.4) is 0 Å². The summed E-state index contributed by atoms with van der Waals surface area (Å²) >= 11 is 1.81. The van der Waals surface area contributed by atoms with E-state index >= 15 is 0 Å². The van der Waals surface area contributed by atoms with Crippen LogP contribution in [0.25, 0.3) is 0 Å². The molecular formula is C8H12N2OS. The van der Waals surface area contributed by atoms with Crippen molar-refractivity contribution in [2.75, 3.05) is 12.0 Å². The van der Waals surface area contributed by atoms with E-state index in [1.165, 1.54) is 0 Å². The fraction of sp³-hybridized carbons (Fsp3) is 0.500. The molecule has 0 spiro atoms. The van der Waals surface area contributed by atoms with Crippen molar-refractivity contribution in [3.63, 3.8) is 0 Å². The summed E-state index contributed by atoms with van der Waals surface area (Å²) in [4.78, 5) is 14.3. The Hall–Kier alpha value is -0.770. The Morgan fingerprint density at radius 2 is 2.58 bits per heavy atom. The molecule has 1 heterocycles. The molecule has 0 aliphatic carbocycles. The van der Waals surface area contributed by atoms with E-state index in [1.807, 2.05) is 22.5 Å². The van der Waals surface area contributed by atoms with E-state index < -0.39 is 0 Å². The molecule has 3 nitrogen and oxygen atoms in total. The zero-order chi connectivity index (χ0) is 8.81. The second kappa shape index (κ2) is 4.98. The van der Waals surface area contributed by atoms with Crippen molar-refractivity contribution >= 4 is 18.0 Å². The molecule has 12 heavy (non-hydrogen) atoms. The molecule has 0 bridgehead atoms. The molecule has 0 saturated carbocycles. The standard InChI is InChI=1S/C8H12N2OS/c1-12-6-2-4-10-5-3-9-8(10)7-11/h3,5,7H,2,4,6H2,1H3. The number of carbonyl (C=O) groups is 1. The van der Waals surface area contributed by atoms with Crippen LogP contribution in [0.15, 0.2) is 12.4 Å². The lowest BCUT2D eigenvalue weighted by Crippen LogP contribution is -2.02. The smallest absolute Gasteiger partial charge is 0.185 e. The van der Waals surface area contributed by atoms with Crippen molar-refractivity contribution in [3.8, 4) is 0 Å².